The molecule has 0 aliphatic heterocycles. The lowest BCUT2D eigenvalue weighted by Crippen LogP contribution is -2.32. The van der Waals surface area contributed by atoms with Crippen molar-refractivity contribution < 1.29 is 45.0 Å². The number of hydrogen-bond acceptors (Lipinski definition) is 6. The normalized spacial score (nSPS) is 11.7. The number of urea groups is 1. The summed E-state index contributed by atoms with van der Waals surface area (Å²) in [6.45, 7) is -3.59. The molecule has 0 aromatic carbocycles. The first-order valence-electron chi connectivity index (χ1n) is 7.77. The van der Waals surface area contributed by atoms with Crippen LogP contribution in [0.3, 0.4) is 0 Å². The second-order valence-corrected chi connectivity index (χ2v) is 5.50. The Morgan fingerprint density at radius 2 is 1.57 bits per heavy atom. The molecule has 0 unspecified atom stereocenters. The number of alkyl halides is 6. The van der Waals surface area contributed by atoms with Crippen molar-refractivity contribution in [1.29, 1.82) is 0 Å². The molecule has 8 nitrogen and oxygen atoms in total. The van der Waals surface area contributed by atoms with Crippen molar-refractivity contribution in [2.45, 2.75) is 12.4 Å². The average Bonchev–Trinajstić information content (AvgIpc) is 2.63. The number of aromatic nitrogens is 3. The fraction of sp³-hybridized carbons (Fsp3) is 0.333. The molecule has 0 spiro atoms. The van der Waals surface area contributed by atoms with E-state index in [-0.39, 0.29) is 5.82 Å². The van der Waals surface area contributed by atoms with Gasteiger partial charge in [0.15, 0.2) is 13.2 Å². The zero-order chi connectivity index (χ0) is 22.5. The molecule has 2 rings (SSSR count). The number of nitrogens with one attached hydrogen (secondary N) is 1. The average molecular weight is 443 g/mol. The van der Waals surface area contributed by atoms with Gasteiger partial charge in [0.2, 0.25) is 17.7 Å². The Kier molecular flexibility index (Phi) is 6.84. The van der Waals surface area contributed by atoms with Crippen LogP contribution < -0.4 is 19.7 Å². The third kappa shape index (κ3) is 7.56. The van der Waals surface area contributed by atoms with Crippen LogP contribution in [-0.2, 0) is 0 Å². The second kappa shape index (κ2) is 8.96. The summed E-state index contributed by atoms with van der Waals surface area (Å²) >= 11 is 0. The lowest BCUT2D eigenvalue weighted by atomic mass is 10.4. The van der Waals surface area contributed by atoms with E-state index in [0.717, 1.165) is 23.2 Å². The van der Waals surface area contributed by atoms with Crippen LogP contribution in [0.2, 0.25) is 0 Å². The molecule has 1 N–H and O–H groups in total. The number of pyridine rings is 1. The molecule has 30 heavy (non-hydrogen) atoms. The summed E-state index contributed by atoms with van der Waals surface area (Å²) < 4.78 is 95.6. The highest BCUT2D eigenvalue weighted by Crippen LogP contribution is 2.24. The Balaban J connectivity index is 2.20. The third-order valence-electron chi connectivity index (χ3n) is 3.03. The highest BCUT2D eigenvalue weighted by atomic mass is 19.4. The summed E-state index contributed by atoms with van der Waals surface area (Å²) in [6.07, 6.45) is -8.68. The highest BCUT2D eigenvalue weighted by molar-refractivity contribution is 5.99. The van der Waals surface area contributed by atoms with Gasteiger partial charge in [-0.3, -0.25) is 10.2 Å². The maximum Gasteiger partial charge on any atom is 0.422 e. The van der Waals surface area contributed by atoms with Gasteiger partial charge in [0.05, 0.1) is 12.3 Å². The number of nitrogens with zero attached hydrogens (tertiary/aromatic N) is 4. The van der Waals surface area contributed by atoms with Crippen LogP contribution in [-0.4, -0.2) is 53.6 Å². The number of carbonyl (C=O) groups is 1. The van der Waals surface area contributed by atoms with Crippen molar-refractivity contribution in [3.63, 3.8) is 0 Å². The quantitative estimate of drug-likeness (QED) is 0.687. The van der Waals surface area contributed by atoms with Gasteiger partial charge in [-0.15, -0.1) is 0 Å². The molecule has 15 heteroatoms. The van der Waals surface area contributed by atoms with Crippen molar-refractivity contribution in [2.75, 3.05) is 30.5 Å². The minimum absolute atomic E-state index is 0.0214. The third-order valence-corrected chi connectivity index (χ3v) is 3.03. The molecule has 2 heterocycles. The molecular weight excluding hydrogens is 431 g/mol. The predicted octanol–water partition coefficient (Wildman–Crippen LogP) is 3.56. The summed E-state index contributed by atoms with van der Waals surface area (Å²) in [7, 11) is 1.21. The SMILES string of the molecule is CN(C(=O)Nc1nc(OCC(F)(F)F)cc(OCC(F)(F)F)n1)c1ccc(F)cn1. The fourth-order valence-electron chi connectivity index (χ4n) is 1.77. The molecule has 0 saturated carbocycles. The summed E-state index contributed by atoms with van der Waals surface area (Å²) in [4.78, 5) is 23.7. The standard InChI is InChI=1S/C15H12F7N5O3/c1-27(9-3-2-8(16)5-23-9)13(28)26-12-24-10(29-6-14(17,18)19)4-11(25-12)30-7-15(20,21)22/h2-5H,6-7H2,1H3,(H,24,25,26,28). The first-order chi connectivity index (χ1) is 13.8. The number of anilines is 2. The molecule has 164 valence electrons. The minimum Gasteiger partial charge on any atom is -0.468 e. The number of carbonyl (C=O) groups excluding carboxylic acids is 1. The predicted molar refractivity (Wildman–Crippen MR) is 86.7 cm³/mol. The Bertz CT molecular complexity index is 838. The Morgan fingerprint density at radius 1 is 1.03 bits per heavy atom. The van der Waals surface area contributed by atoms with Crippen LogP contribution in [0.5, 0.6) is 11.8 Å². The van der Waals surface area contributed by atoms with Crippen LogP contribution in [0.1, 0.15) is 0 Å². The van der Waals surface area contributed by atoms with Gasteiger partial charge in [0.25, 0.3) is 0 Å². The smallest absolute Gasteiger partial charge is 0.422 e. The van der Waals surface area contributed by atoms with Crippen molar-refractivity contribution in [2.24, 2.45) is 0 Å². The van der Waals surface area contributed by atoms with Gasteiger partial charge in [-0.2, -0.15) is 36.3 Å². The molecule has 0 saturated heterocycles. The minimum atomic E-state index is -4.75. The van der Waals surface area contributed by atoms with Gasteiger partial charge in [-0.25, -0.2) is 14.2 Å². The van der Waals surface area contributed by atoms with E-state index in [9.17, 15) is 35.5 Å². The number of rotatable bonds is 6. The zero-order valence-electron chi connectivity index (χ0n) is 14.9. The van der Waals surface area contributed by atoms with E-state index >= 15 is 0 Å². The van der Waals surface area contributed by atoms with Gasteiger partial charge in [0, 0.05) is 7.05 Å². The van der Waals surface area contributed by atoms with Crippen molar-refractivity contribution >= 4 is 17.8 Å². The van der Waals surface area contributed by atoms with Gasteiger partial charge in [-0.05, 0) is 12.1 Å². The molecule has 2 aromatic rings. The van der Waals surface area contributed by atoms with Gasteiger partial charge >= 0.3 is 18.4 Å². The molecule has 0 aliphatic rings. The van der Waals surface area contributed by atoms with Gasteiger partial charge in [0.1, 0.15) is 11.6 Å². The summed E-state index contributed by atoms with van der Waals surface area (Å²) in [5, 5.41) is 2.04. The van der Waals surface area contributed by atoms with Crippen molar-refractivity contribution in [3.8, 4) is 11.8 Å². The topological polar surface area (TPSA) is 89.5 Å². The van der Waals surface area contributed by atoms with E-state index in [0.29, 0.717) is 6.07 Å². The summed E-state index contributed by atoms with van der Waals surface area (Å²) in [6, 6.07) is 1.77. The molecule has 0 aliphatic carbocycles. The van der Waals surface area contributed by atoms with Crippen LogP contribution in [0.25, 0.3) is 0 Å². The van der Waals surface area contributed by atoms with E-state index in [1.165, 1.54) is 7.05 Å². The van der Waals surface area contributed by atoms with E-state index in [4.69, 9.17) is 0 Å². The van der Waals surface area contributed by atoms with Crippen LogP contribution in [0.15, 0.2) is 24.4 Å². The lowest BCUT2D eigenvalue weighted by Gasteiger charge is -2.17. The first-order valence-corrected chi connectivity index (χ1v) is 7.77. The van der Waals surface area contributed by atoms with Gasteiger partial charge in [-0.1, -0.05) is 0 Å². The largest absolute Gasteiger partial charge is 0.468 e. The number of halogens is 7. The number of hydrogen-bond donors (Lipinski definition) is 1. The molecule has 0 atom stereocenters. The molecule has 0 radical (unpaired) electrons. The van der Waals surface area contributed by atoms with Crippen molar-refractivity contribution in [1.82, 2.24) is 15.0 Å². The molecular formula is C15H12F7N5O3. The monoisotopic (exact) mass is 443 g/mol. The molecule has 2 amide bonds. The highest BCUT2D eigenvalue weighted by Gasteiger charge is 2.30. The maximum atomic E-state index is 12.9. The van der Waals surface area contributed by atoms with E-state index in [1.54, 1.807) is 0 Å². The first kappa shape index (κ1) is 22.9. The molecule has 0 fully saturated rings. The Labute approximate surface area is 163 Å². The summed E-state index contributed by atoms with van der Waals surface area (Å²) in [5.74, 6) is -2.98. The Hall–Kier alpha value is -3.39. The van der Waals surface area contributed by atoms with Crippen LogP contribution in [0, 0.1) is 5.82 Å². The van der Waals surface area contributed by atoms with Crippen LogP contribution >= 0.6 is 0 Å². The summed E-state index contributed by atoms with van der Waals surface area (Å²) in [5.41, 5.74) is 0. The van der Waals surface area contributed by atoms with E-state index < -0.39 is 55.1 Å². The van der Waals surface area contributed by atoms with Gasteiger partial charge < -0.3 is 9.47 Å². The fourth-order valence-corrected chi connectivity index (χ4v) is 1.77. The van der Waals surface area contributed by atoms with Crippen LogP contribution in [0.4, 0.5) is 47.3 Å². The van der Waals surface area contributed by atoms with E-state index in [2.05, 4.69) is 24.4 Å². The van der Waals surface area contributed by atoms with E-state index in [1.807, 2.05) is 5.32 Å². The second-order valence-electron chi connectivity index (χ2n) is 5.50. The zero-order valence-corrected chi connectivity index (χ0v) is 14.9. The Morgan fingerprint density at radius 3 is 2.00 bits per heavy atom. The molecule has 2 aromatic heterocycles. The maximum absolute atomic E-state index is 12.9. The van der Waals surface area contributed by atoms with Crippen molar-refractivity contribution in [3.05, 3.63) is 30.2 Å². The molecule has 0 bridgehead atoms. The number of amides is 2. The number of ether oxygens (including phenoxy) is 2. The lowest BCUT2D eigenvalue weighted by molar-refractivity contribution is -0.154.